The number of fused-ring (bicyclic) bond motifs is 4. The molecule has 2 amide bonds. The lowest BCUT2D eigenvalue weighted by atomic mass is 9.86. The standard InChI is InChI=1S/C27H31N3O4/c1-17(2)34-14-8-13-29-16-24(31)30-22(27(29)32)15-20-18-9-4-6-11-21(18)28-25(20)26(30)19-10-5-7-12-23(19)33-3/h4-7,9-12,17,22,26,28H,8,13-16H2,1-3H3/t22-,26+/m0/s1. The van der Waals surface area contributed by atoms with Crippen molar-refractivity contribution in [2.24, 2.45) is 0 Å². The summed E-state index contributed by atoms with van der Waals surface area (Å²) in [5.74, 6) is 0.654. The van der Waals surface area contributed by atoms with E-state index >= 15 is 0 Å². The summed E-state index contributed by atoms with van der Waals surface area (Å²) in [5, 5.41) is 1.10. The number of rotatable bonds is 7. The van der Waals surface area contributed by atoms with Crippen molar-refractivity contribution >= 4 is 22.7 Å². The Morgan fingerprint density at radius 1 is 1.09 bits per heavy atom. The SMILES string of the molecule is COc1ccccc1[C@@H]1c2[nH]c3ccccc3c2C[C@H]2C(=O)N(CCCOC(C)C)CC(=O)N12. The Bertz CT molecular complexity index is 1220. The number of aromatic nitrogens is 1. The van der Waals surface area contributed by atoms with Gasteiger partial charge in [-0.3, -0.25) is 9.59 Å². The van der Waals surface area contributed by atoms with Crippen molar-refractivity contribution in [2.45, 2.75) is 44.9 Å². The van der Waals surface area contributed by atoms with Gasteiger partial charge in [-0.05, 0) is 38.0 Å². The van der Waals surface area contributed by atoms with E-state index in [9.17, 15) is 9.59 Å². The van der Waals surface area contributed by atoms with E-state index in [0.717, 1.165) is 27.7 Å². The largest absolute Gasteiger partial charge is 0.496 e. The lowest BCUT2D eigenvalue weighted by Gasteiger charge is -2.47. The number of methoxy groups -OCH3 is 1. The first-order valence-corrected chi connectivity index (χ1v) is 11.9. The molecular formula is C27H31N3O4. The molecule has 2 aromatic carbocycles. The van der Waals surface area contributed by atoms with Crippen LogP contribution in [0.5, 0.6) is 5.75 Å². The van der Waals surface area contributed by atoms with E-state index < -0.39 is 12.1 Å². The number of benzene rings is 2. The molecule has 2 atom stereocenters. The Hall–Kier alpha value is -3.32. The van der Waals surface area contributed by atoms with Crippen LogP contribution in [-0.4, -0.2) is 65.6 Å². The lowest BCUT2D eigenvalue weighted by molar-refractivity contribution is -0.158. The van der Waals surface area contributed by atoms with Crippen LogP contribution in [0, 0.1) is 0 Å². The fourth-order valence-electron chi connectivity index (χ4n) is 5.30. The Kier molecular flexibility index (Phi) is 6.04. The molecule has 2 aliphatic heterocycles. The molecule has 0 spiro atoms. The van der Waals surface area contributed by atoms with Gasteiger partial charge in [-0.15, -0.1) is 0 Å². The number of nitrogens with zero attached hydrogens (tertiary/aromatic N) is 2. The summed E-state index contributed by atoms with van der Waals surface area (Å²) < 4.78 is 11.3. The molecule has 7 nitrogen and oxygen atoms in total. The number of amides is 2. The molecule has 1 aromatic heterocycles. The number of hydrogen-bond acceptors (Lipinski definition) is 4. The number of nitrogens with one attached hydrogen (secondary N) is 1. The molecule has 0 unspecified atom stereocenters. The Labute approximate surface area is 199 Å². The summed E-state index contributed by atoms with van der Waals surface area (Å²) in [6.45, 7) is 5.15. The van der Waals surface area contributed by atoms with Crippen LogP contribution in [0.15, 0.2) is 48.5 Å². The van der Waals surface area contributed by atoms with Gasteiger partial charge in [0.2, 0.25) is 11.8 Å². The van der Waals surface area contributed by atoms with Crippen LogP contribution in [0.3, 0.4) is 0 Å². The fraction of sp³-hybridized carbons (Fsp3) is 0.407. The first-order valence-electron chi connectivity index (χ1n) is 11.9. The maximum atomic E-state index is 13.7. The van der Waals surface area contributed by atoms with Gasteiger partial charge in [0, 0.05) is 41.7 Å². The van der Waals surface area contributed by atoms with E-state index in [4.69, 9.17) is 9.47 Å². The highest BCUT2D eigenvalue weighted by Gasteiger charge is 2.48. The minimum Gasteiger partial charge on any atom is -0.496 e. The number of piperazine rings is 1. The van der Waals surface area contributed by atoms with Gasteiger partial charge in [-0.25, -0.2) is 0 Å². The van der Waals surface area contributed by atoms with Gasteiger partial charge in [0.15, 0.2) is 0 Å². The van der Waals surface area contributed by atoms with Crippen LogP contribution in [0.25, 0.3) is 10.9 Å². The third kappa shape index (κ3) is 3.84. The zero-order valence-corrected chi connectivity index (χ0v) is 19.9. The van der Waals surface area contributed by atoms with Crippen molar-refractivity contribution in [2.75, 3.05) is 26.8 Å². The molecule has 1 N–H and O–H groups in total. The number of hydrogen-bond donors (Lipinski definition) is 1. The van der Waals surface area contributed by atoms with Crippen LogP contribution in [0.1, 0.15) is 43.1 Å². The van der Waals surface area contributed by atoms with Gasteiger partial charge in [0.25, 0.3) is 0 Å². The van der Waals surface area contributed by atoms with Crippen molar-refractivity contribution in [1.82, 2.24) is 14.8 Å². The monoisotopic (exact) mass is 461 g/mol. The molecule has 2 aliphatic rings. The average Bonchev–Trinajstić information content (AvgIpc) is 3.21. The first kappa shape index (κ1) is 22.5. The van der Waals surface area contributed by atoms with Gasteiger partial charge in [0.1, 0.15) is 17.8 Å². The van der Waals surface area contributed by atoms with Crippen molar-refractivity contribution in [3.05, 3.63) is 65.4 Å². The topological polar surface area (TPSA) is 74.9 Å². The molecule has 3 heterocycles. The summed E-state index contributed by atoms with van der Waals surface area (Å²) in [6.07, 6.45) is 1.35. The summed E-state index contributed by atoms with van der Waals surface area (Å²) in [7, 11) is 1.63. The predicted molar refractivity (Wildman–Crippen MR) is 130 cm³/mol. The molecule has 1 fully saturated rings. The van der Waals surface area contributed by atoms with E-state index in [2.05, 4.69) is 11.1 Å². The molecule has 3 aromatic rings. The van der Waals surface area contributed by atoms with Crippen LogP contribution in [0.4, 0.5) is 0 Å². The molecular weight excluding hydrogens is 430 g/mol. The Balaban J connectivity index is 1.55. The van der Waals surface area contributed by atoms with Gasteiger partial charge < -0.3 is 24.3 Å². The molecule has 0 saturated carbocycles. The van der Waals surface area contributed by atoms with Crippen LogP contribution in [0.2, 0.25) is 0 Å². The number of carbonyl (C=O) groups excluding carboxylic acids is 2. The number of para-hydroxylation sites is 2. The van der Waals surface area contributed by atoms with Crippen molar-refractivity contribution in [3.63, 3.8) is 0 Å². The zero-order chi connectivity index (χ0) is 23.8. The maximum absolute atomic E-state index is 13.7. The molecule has 178 valence electrons. The fourth-order valence-corrected chi connectivity index (χ4v) is 5.30. The number of aromatic amines is 1. The molecule has 0 bridgehead atoms. The van der Waals surface area contributed by atoms with Gasteiger partial charge in [-0.2, -0.15) is 0 Å². The number of ether oxygens (including phenoxy) is 2. The van der Waals surface area contributed by atoms with E-state index in [1.807, 2.05) is 56.3 Å². The Morgan fingerprint density at radius 3 is 2.65 bits per heavy atom. The second-order valence-electron chi connectivity index (χ2n) is 9.26. The summed E-state index contributed by atoms with van der Waals surface area (Å²) in [4.78, 5) is 34.3. The molecule has 5 rings (SSSR count). The zero-order valence-electron chi connectivity index (χ0n) is 19.9. The van der Waals surface area contributed by atoms with Crippen LogP contribution >= 0.6 is 0 Å². The number of H-pyrrole nitrogens is 1. The van der Waals surface area contributed by atoms with Gasteiger partial charge >= 0.3 is 0 Å². The average molecular weight is 462 g/mol. The van der Waals surface area contributed by atoms with Crippen LogP contribution < -0.4 is 4.74 Å². The number of carbonyl (C=O) groups is 2. The highest BCUT2D eigenvalue weighted by Crippen LogP contribution is 2.44. The maximum Gasteiger partial charge on any atom is 0.246 e. The first-order chi connectivity index (χ1) is 16.5. The van der Waals surface area contributed by atoms with E-state index in [0.29, 0.717) is 31.7 Å². The minimum atomic E-state index is -0.547. The second kappa shape index (κ2) is 9.14. The molecule has 7 heteroatoms. The molecule has 34 heavy (non-hydrogen) atoms. The summed E-state index contributed by atoms with van der Waals surface area (Å²) in [5.41, 5.74) is 3.94. The second-order valence-corrected chi connectivity index (χ2v) is 9.26. The smallest absolute Gasteiger partial charge is 0.246 e. The normalized spacial score (nSPS) is 20.1. The molecule has 0 aliphatic carbocycles. The lowest BCUT2D eigenvalue weighted by Crippen LogP contribution is -2.63. The van der Waals surface area contributed by atoms with E-state index in [-0.39, 0.29) is 24.5 Å². The minimum absolute atomic E-state index is 0.0000222. The van der Waals surface area contributed by atoms with Gasteiger partial charge in [-0.1, -0.05) is 36.4 Å². The van der Waals surface area contributed by atoms with E-state index in [1.54, 1.807) is 16.9 Å². The highest BCUT2D eigenvalue weighted by molar-refractivity contribution is 5.97. The highest BCUT2D eigenvalue weighted by atomic mass is 16.5. The molecule has 1 saturated heterocycles. The summed E-state index contributed by atoms with van der Waals surface area (Å²) >= 11 is 0. The predicted octanol–water partition coefficient (Wildman–Crippen LogP) is 3.68. The molecule has 0 radical (unpaired) electrons. The third-order valence-electron chi connectivity index (χ3n) is 6.80. The van der Waals surface area contributed by atoms with Crippen molar-refractivity contribution < 1.29 is 19.1 Å². The quantitative estimate of drug-likeness (QED) is 0.545. The van der Waals surface area contributed by atoms with E-state index in [1.165, 1.54) is 0 Å². The summed E-state index contributed by atoms with van der Waals surface area (Å²) in [6, 6.07) is 14.9. The van der Waals surface area contributed by atoms with Crippen molar-refractivity contribution in [1.29, 1.82) is 0 Å². The Morgan fingerprint density at radius 2 is 1.85 bits per heavy atom. The van der Waals surface area contributed by atoms with Crippen LogP contribution in [-0.2, 0) is 20.7 Å². The third-order valence-corrected chi connectivity index (χ3v) is 6.80. The van der Waals surface area contributed by atoms with Crippen molar-refractivity contribution in [3.8, 4) is 5.75 Å². The van der Waals surface area contributed by atoms with Gasteiger partial charge in [0.05, 0.1) is 19.8 Å².